The maximum atomic E-state index is 11.8. The number of aliphatic hydroxyl groups excluding tert-OH is 2. The SMILES string of the molecule is C#Cc1cn([C@@H]2O[C@H](CO)[C@@H](O)[C@H]2I)c(=O)[nH]c1=O. The van der Waals surface area contributed by atoms with E-state index in [1.807, 2.05) is 22.6 Å². The van der Waals surface area contributed by atoms with Gasteiger partial charge in [-0.25, -0.2) is 4.79 Å². The summed E-state index contributed by atoms with van der Waals surface area (Å²) < 4.78 is 6.07. The molecule has 1 aromatic rings. The predicted octanol–water partition coefficient (Wildman–Crippen LogP) is -1.43. The number of hydrogen-bond donors (Lipinski definition) is 3. The zero-order valence-electron chi connectivity index (χ0n) is 9.62. The average molecular weight is 378 g/mol. The van der Waals surface area contributed by atoms with Crippen LogP contribution in [0.3, 0.4) is 0 Å². The fraction of sp³-hybridized carbons (Fsp3) is 0.455. The normalized spacial score (nSPS) is 30.2. The summed E-state index contributed by atoms with van der Waals surface area (Å²) in [7, 11) is 0. The van der Waals surface area contributed by atoms with Gasteiger partial charge in [0.2, 0.25) is 0 Å². The standard InChI is InChI=1S/C11H11IN2O5/c1-2-5-3-14(11(18)13-9(5)17)10-7(12)8(16)6(4-15)19-10/h1,3,6-8,10,15-16H,4H2,(H,13,17,18)/t6-,7-,8-,10-/m1/s1. The molecule has 0 saturated carbocycles. The van der Waals surface area contributed by atoms with Crippen molar-refractivity contribution in [1.82, 2.24) is 9.55 Å². The molecule has 19 heavy (non-hydrogen) atoms. The molecule has 1 aromatic heterocycles. The minimum atomic E-state index is -0.913. The van der Waals surface area contributed by atoms with Gasteiger partial charge in [-0.05, 0) is 0 Å². The Bertz CT molecular complexity index is 631. The van der Waals surface area contributed by atoms with E-state index in [0.29, 0.717) is 0 Å². The second kappa shape index (κ2) is 5.46. The third-order valence-corrected chi connectivity index (χ3v) is 4.22. The van der Waals surface area contributed by atoms with E-state index in [0.717, 1.165) is 4.57 Å². The van der Waals surface area contributed by atoms with Gasteiger partial charge in [-0.1, -0.05) is 28.5 Å². The lowest BCUT2D eigenvalue weighted by atomic mass is 10.2. The summed E-state index contributed by atoms with van der Waals surface area (Å²) in [6.07, 6.45) is 3.89. The maximum absolute atomic E-state index is 11.8. The molecule has 0 aliphatic carbocycles. The van der Waals surface area contributed by atoms with Gasteiger partial charge in [0.1, 0.15) is 11.7 Å². The fourth-order valence-electron chi connectivity index (χ4n) is 1.86. The molecule has 1 fully saturated rings. The Balaban J connectivity index is 2.46. The van der Waals surface area contributed by atoms with Crippen molar-refractivity contribution in [2.45, 2.75) is 22.4 Å². The molecule has 0 aromatic carbocycles. The Hall–Kier alpha value is -1.15. The molecule has 8 heteroatoms. The highest BCUT2D eigenvalue weighted by atomic mass is 127. The van der Waals surface area contributed by atoms with Crippen LogP contribution in [0.5, 0.6) is 0 Å². The molecule has 3 N–H and O–H groups in total. The van der Waals surface area contributed by atoms with Crippen molar-refractivity contribution in [2.75, 3.05) is 6.61 Å². The molecule has 0 spiro atoms. The number of nitrogens with zero attached hydrogens (tertiary/aromatic N) is 1. The van der Waals surface area contributed by atoms with E-state index in [1.165, 1.54) is 6.20 Å². The van der Waals surface area contributed by atoms with Gasteiger partial charge in [0.15, 0.2) is 6.23 Å². The Morgan fingerprint density at radius 2 is 2.26 bits per heavy atom. The molecule has 0 radical (unpaired) electrons. The van der Waals surface area contributed by atoms with E-state index in [4.69, 9.17) is 16.3 Å². The number of alkyl halides is 1. The van der Waals surface area contributed by atoms with Crippen LogP contribution in [0.15, 0.2) is 15.8 Å². The zero-order valence-corrected chi connectivity index (χ0v) is 11.8. The molecule has 1 aliphatic rings. The van der Waals surface area contributed by atoms with Crippen LogP contribution in [0, 0.1) is 12.3 Å². The lowest BCUT2D eigenvalue weighted by Crippen LogP contribution is -2.36. The number of H-pyrrole nitrogens is 1. The van der Waals surface area contributed by atoms with Crippen molar-refractivity contribution >= 4 is 22.6 Å². The highest BCUT2D eigenvalue weighted by molar-refractivity contribution is 14.1. The molecule has 1 saturated heterocycles. The maximum Gasteiger partial charge on any atom is 0.330 e. The highest BCUT2D eigenvalue weighted by Crippen LogP contribution is 2.33. The molecule has 4 atom stereocenters. The number of aromatic nitrogens is 2. The fourth-order valence-corrected chi connectivity index (χ4v) is 2.83. The Labute approximate surface area is 121 Å². The molecule has 7 nitrogen and oxygen atoms in total. The van der Waals surface area contributed by atoms with Gasteiger partial charge in [-0.2, -0.15) is 0 Å². The monoisotopic (exact) mass is 378 g/mol. The number of terminal acetylenes is 1. The first kappa shape index (κ1) is 14.3. The number of ether oxygens (including phenoxy) is 1. The third-order valence-electron chi connectivity index (χ3n) is 2.87. The van der Waals surface area contributed by atoms with E-state index >= 15 is 0 Å². The van der Waals surface area contributed by atoms with Gasteiger partial charge in [0, 0.05) is 6.20 Å². The van der Waals surface area contributed by atoms with Crippen molar-refractivity contribution in [3.63, 3.8) is 0 Å². The summed E-state index contributed by atoms with van der Waals surface area (Å²) in [6.45, 7) is -0.364. The summed E-state index contributed by atoms with van der Waals surface area (Å²) in [4.78, 5) is 25.2. The minimum absolute atomic E-state index is 0.00580. The van der Waals surface area contributed by atoms with E-state index in [9.17, 15) is 14.7 Å². The summed E-state index contributed by atoms with van der Waals surface area (Å²) >= 11 is 1.92. The predicted molar refractivity (Wildman–Crippen MR) is 74.1 cm³/mol. The van der Waals surface area contributed by atoms with E-state index in [1.54, 1.807) is 0 Å². The first-order valence-corrected chi connectivity index (χ1v) is 6.64. The number of hydrogen-bond acceptors (Lipinski definition) is 5. The van der Waals surface area contributed by atoms with Crippen LogP contribution in [0.25, 0.3) is 0 Å². The van der Waals surface area contributed by atoms with Gasteiger partial charge < -0.3 is 14.9 Å². The number of nitrogens with one attached hydrogen (secondary N) is 1. The number of rotatable bonds is 2. The molecule has 2 heterocycles. The van der Waals surface area contributed by atoms with Gasteiger partial charge in [0.05, 0.1) is 16.6 Å². The molecule has 102 valence electrons. The Morgan fingerprint density at radius 1 is 1.58 bits per heavy atom. The van der Waals surface area contributed by atoms with E-state index < -0.39 is 33.6 Å². The van der Waals surface area contributed by atoms with Crippen molar-refractivity contribution < 1.29 is 14.9 Å². The smallest absolute Gasteiger partial charge is 0.330 e. The Kier molecular flexibility index (Phi) is 4.10. The number of halogens is 1. The lowest BCUT2D eigenvalue weighted by Gasteiger charge is -2.17. The second-order valence-electron chi connectivity index (χ2n) is 4.04. The highest BCUT2D eigenvalue weighted by Gasteiger charge is 2.43. The minimum Gasteiger partial charge on any atom is -0.394 e. The first-order valence-electron chi connectivity index (χ1n) is 5.40. The quantitative estimate of drug-likeness (QED) is 0.333. The topological polar surface area (TPSA) is 105 Å². The van der Waals surface area contributed by atoms with Crippen LogP contribution < -0.4 is 11.2 Å². The van der Waals surface area contributed by atoms with Gasteiger partial charge in [-0.3, -0.25) is 14.3 Å². The largest absolute Gasteiger partial charge is 0.394 e. The van der Waals surface area contributed by atoms with Crippen LogP contribution in [0.4, 0.5) is 0 Å². The summed E-state index contributed by atoms with van der Waals surface area (Å²) in [5, 5.41) is 18.9. The number of aliphatic hydroxyl groups is 2. The van der Waals surface area contributed by atoms with E-state index in [-0.39, 0.29) is 12.2 Å². The van der Waals surface area contributed by atoms with Gasteiger partial charge >= 0.3 is 5.69 Å². The van der Waals surface area contributed by atoms with Crippen LogP contribution >= 0.6 is 22.6 Å². The van der Waals surface area contributed by atoms with Crippen molar-refractivity contribution in [1.29, 1.82) is 0 Å². The summed E-state index contributed by atoms with van der Waals surface area (Å²) in [6, 6.07) is 0. The molecule has 1 aliphatic heterocycles. The molecular formula is C11H11IN2O5. The second-order valence-corrected chi connectivity index (χ2v) is 5.47. The van der Waals surface area contributed by atoms with Crippen molar-refractivity contribution in [3.05, 3.63) is 32.6 Å². The average Bonchev–Trinajstić information content (AvgIpc) is 2.67. The first-order chi connectivity index (χ1) is 8.99. The number of aromatic amines is 1. The molecular weight excluding hydrogens is 367 g/mol. The zero-order chi connectivity index (χ0) is 14.2. The van der Waals surface area contributed by atoms with Crippen LogP contribution in [-0.4, -0.2) is 42.5 Å². The van der Waals surface area contributed by atoms with Crippen molar-refractivity contribution in [2.24, 2.45) is 0 Å². The Morgan fingerprint density at radius 3 is 2.79 bits per heavy atom. The molecule has 0 amide bonds. The molecule has 0 unspecified atom stereocenters. The molecule has 0 bridgehead atoms. The van der Waals surface area contributed by atoms with E-state index in [2.05, 4.69) is 10.9 Å². The summed E-state index contributed by atoms with van der Waals surface area (Å²) in [5.41, 5.74) is -1.33. The lowest BCUT2D eigenvalue weighted by molar-refractivity contribution is -0.0456. The van der Waals surface area contributed by atoms with Gasteiger partial charge in [0.25, 0.3) is 5.56 Å². The van der Waals surface area contributed by atoms with Crippen LogP contribution in [0.2, 0.25) is 0 Å². The third kappa shape index (κ3) is 2.46. The molecule has 2 rings (SSSR count). The van der Waals surface area contributed by atoms with Gasteiger partial charge in [-0.15, -0.1) is 6.42 Å². The summed E-state index contributed by atoms with van der Waals surface area (Å²) in [5.74, 6) is 2.16. The van der Waals surface area contributed by atoms with Crippen LogP contribution in [0.1, 0.15) is 11.8 Å². The van der Waals surface area contributed by atoms with Crippen LogP contribution in [-0.2, 0) is 4.74 Å². The van der Waals surface area contributed by atoms with Crippen molar-refractivity contribution in [3.8, 4) is 12.3 Å².